The van der Waals surface area contributed by atoms with Crippen LogP contribution in [0.5, 0.6) is 0 Å². The molecule has 1 saturated carbocycles. The van der Waals surface area contributed by atoms with Gasteiger partial charge in [0.25, 0.3) is 0 Å². The molecule has 1 heterocycles. The van der Waals surface area contributed by atoms with Gasteiger partial charge in [-0.25, -0.2) is 15.8 Å². The van der Waals surface area contributed by atoms with Gasteiger partial charge in [-0.1, -0.05) is 0 Å². The van der Waals surface area contributed by atoms with Crippen molar-refractivity contribution >= 4 is 17.5 Å². The van der Waals surface area contributed by atoms with Crippen LogP contribution < -0.4 is 16.6 Å². The fourth-order valence-corrected chi connectivity index (χ4v) is 1.91. The third-order valence-corrected chi connectivity index (χ3v) is 3.42. The van der Waals surface area contributed by atoms with Crippen molar-refractivity contribution in [3.8, 4) is 0 Å². The quantitative estimate of drug-likeness (QED) is 0.529. The number of rotatable bonds is 6. The number of carbonyl (C=O) groups is 1. The SMILES string of the molecule is CCN(C)C(=O)C(C)Nc1cc(NN)nc(C2CC2)n1. The van der Waals surface area contributed by atoms with E-state index in [1.165, 1.54) is 0 Å². The first-order valence-corrected chi connectivity index (χ1v) is 6.92. The second kappa shape index (κ2) is 6.04. The van der Waals surface area contributed by atoms with E-state index < -0.39 is 0 Å². The molecule has 1 aromatic heterocycles. The summed E-state index contributed by atoms with van der Waals surface area (Å²) in [7, 11) is 1.78. The van der Waals surface area contributed by atoms with Crippen molar-refractivity contribution in [2.75, 3.05) is 24.3 Å². The lowest BCUT2D eigenvalue weighted by molar-refractivity contribution is -0.130. The van der Waals surface area contributed by atoms with Crippen LogP contribution in [0.2, 0.25) is 0 Å². The van der Waals surface area contributed by atoms with Crippen LogP contribution in [-0.2, 0) is 4.79 Å². The molecule has 1 atom stereocenters. The number of hydrazine groups is 1. The normalized spacial score (nSPS) is 15.6. The molecule has 7 heteroatoms. The van der Waals surface area contributed by atoms with Gasteiger partial charge in [0.1, 0.15) is 23.5 Å². The number of aromatic nitrogens is 2. The molecule has 2 rings (SSSR count). The zero-order valence-electron chi connectivity index (χ0n) is 12.2. The molecule has 0 aromatic carbocycles. The number of amides is 1. The van der Waals surface area contributed by atoms with Crippen LogP contribution in [-0.4, -0.2) is 40.4 Å². The zero-order valence-corrected chi connectivity index (χ0v) is 12.2. The maximum atomic E-state index is 12.0. The third-order valence-electron chi connectivity index (χ3n) is 3.42. The van der Waals surface area contributed by atoms with Gasteiger partial charge < -0.3 is 15.6 Å². The second-order valence-electron chi connectivity index (χ2n) is 5.13. The van der Waals surface area contributed by atoms with E-state index in [4.69, 9.17) is 5.84 Å². The van der Waals surface area contributed by atoms with E-state index in [9.17, 15) is 4.79 Å². The Bertz CT molecular complexity index is 488. The minimum atomic E-state index is -0.340. The summed E-state index contributed by atoms with van der Waals surface area (Å²) in [4.78, 5) is 22.5. The van der Waals surface area contributed by atoms with Crippen LogP contribution >= 0.6 is 0 Å². The topological polar surface area (TPSA) is 96.2 Å². The van der Waals surface area contributed by atoms with Gasteiger partial charge in [0.05, 0.1) is 0 Å². The Kier molecular flexibility index (Phi) is 4.39. The molecular formula is C13H22N6O. The third kappa shape index (κ3) is 3.36. The summed E-state index contributed by atoms with van der Waals surface area (Å²) in [6.07, 6.45) is 2.22. The molecule has 1 aliphatic carbocycles. The Hall–Kier alpha value is -1.89. The average Bonchev–Trinajstić information content (AvgIpc) is 3.29. The van der Waals surface area contributed by atoms with E-state index in [0.717, 1.165) is 18.7 Å². The molecule has 1 aliphatic rings. The van der Waals surface area contributed by atoms with Crippen LogP contribution in [0.25, 0.3) is 0 Å². The summed E-state index contributed by atoms with van der Waals surface area (Å²) in [5, 5.41) is 3.12. The van der Waals surface area contributed by atoms with Gasteiger partial charge >= 0.3 is 0 Å². The van der Waals surface area contributed by atoms with E-state index in [-0.39, 0.29) is 11.9 Å². The van der Waals surface area contributed by atoms with E-state index in [0.29, 0.717) is 24.1 Å². The maximum absolute atomic E-state index is 12.0. The summed E-state index contributed by atoms with van der Waals surface area (Å²) < 4.78 is 0. The molecule has 1 fully saturated rings. The molecule has 0 spiro atoms. The van der Waals surface area contributed by atoms with Crippen LogP contribution in [0.15, 0.2) is 6.07 Å². The first-order valence-electron chi connectivity index (χ1n) is 6.92. The highest BCUT2D eigenvalue weighted by Crippen LogP contribution is 2.38. The predicted octanol–water partition coefficient (Wildman–Crippen LogP) is 0.918. The average molecular weight is 278 g/mol. The van der Waals surface area contributed by atoms with E-state index in [2.05, 4.69) is 20.7 Å². The van der Waals surface area contributed by atoms with Crippen molar-refractivity contribution in [3.63, 3.8) is 0 Å². The van der Waals surface area contributed by atoms with E-state index in [1.807, 2.05) is 13.8 Å². The number of likely N-dealkylation sites (N-methyl/N-ethyl adjacent to an activating group) is 1. The molecule has 0 saturated heterocycles. The minimum Gasteiger partial charge on any atom is -0.358 e. The summed E-state index contributed by atoms with van der Waals surface area (Å²) in [6.45, 7) is 4.44. The summed E-state index contributed by atoms with van der Waals surface area (Å²) in [5.41, 5.74) is 2.54. The molecule has 1 amide bonds. The minimum absolute atomic E-state index is 0.0290. The lowest BCUT2D eigenvalue weighted by atomic mass is 10.3. The van der Waals surface area contributed by atoms with Crippen molar-refractivity contribution in [1.82, 2.24) is 14.9 Å². The predicted molar refractivity (Wildman–Crippen MR) is 78.2 cm³/mol. The van der Waals surface area contributed by atoms with Crippen LogP contribution in [0, 0.1) is 0 Å². The highest BCUT2D eigenvalue weighted by Gasteiger charge is 2.27. The van der Waals surface area contributed by atoms with Crippen molar-refractivity contribution in [2.45, 2.75) is 38.6 Å². The van der Waals surface area contributed by atoms with Gasteiger partial charge in [-0.3, -0.25) is 4.79 Å². The summed E-state index contributed by atoms with van der Waals surface area (Å²) in [5.74, 6) is 7.85. The van der Waals surface area contributed by atoms with Gasteiger partial charge in [-0.05, 0) is 26.7 Å². The van der Waals surface area contributed by atoms with Crippen LogP contribution in [0.3, 0.4) is 0 Å². The Morgan fingerprint density at radius 1 is 1.50 bits per heavy atom. The van der Waals surface area contributed by atoms with E-state index in [1.54, 1.807) is 18.0 Å². The van der Waals surface area contributed by atoms with Crippen molar-refractivity contribution < 1.29 is 4.79 Å². The van der Waals surface area contributed by atoms with Crippen LogP contribution in [0.4, 0.5) is 11.6 Å². The first kappa shape index (κ1) is 14.5. The molecule has 1 unspecified atom stereocenters. The molecular weight excluding hydrogens is 256 g/mol. The van der Waals surface area contributed by atoms with Gasteiger partial charge in [-0.2, -0.15) is 0 Å². The smallest absolute Gasteiger partial charge is 0.244 e. The molecule has 110 valence electrons. The first-order chi connectivity index (χ1) is 9.55. The number of nitrogens with one attached hydrogen (secondary N) is 2. The Morgan fingerprint density at radius 2 is 2.15 bits per heavy atom. The number of nitrogen functional groups attached to an aromatic ring is 1. The molecule has 7 nitrogen and oxygen atoms in total. The summed E-state index contributed by atoms with van der Waals surface area (Å²) in [6, 6.07) is 1.37. The standard InChI is InChI=1S/C13H22N6O/c1-4-19(3)13(20)8(2)15-10-7-11(18-14)17-12(16-10)9-5-6-9/h7-9H,4-6,14H2,1-3H3,(H2,15,16,17,18). The van der Waals surface area contributed by atoms with Crippen LogP contribution in [0.1, 0.15) is 38.4 Å². The van der Waals surface area contributed by atoms with Gasteiger partial charge in [0.2, 0.25) is 5.91 Å². The number of carbonyl (C=O) groups excluding carboxylic acids is 1. The Morgan fingerprint density at radius 3 is 2.70 bits per heavy atom. The fraction of sp³-hybridized carbons (Fsp3) is 0.615. The monoisotopic (exact) mass is 278 g/mol. The Balaban J connectivity index is 2.11. The lowest BCUT2D eigenvalue weighted by Gasteiger charge is -2.21. The molecule has 0 aliphatic heterocycles. The zero-order chi connectivity index (χ0) is 14.7. The van der Waals surface area contributed by atoms with Crippen molar-refractivity contribution in [3.05, 3.63) is 11.9 Å². The maximum Gasteiger partial charge on any atom is 0.244 e. The molecule has 0 bridgehead atoms. The summed E-state index contributed by atoms with van der Waals surface area (Å²) >= 11 is 0. The number of nitrogens with two attached hydrogens (primary N) is 1. The van der Waals surface area contributed by atoms with Crippen molar-refractivity contribution in [2.24, 2.45) is 5.84 Å². The number of nitrogens with zero attached hydrogens (tertiary/aromatic N) is 3. The molecule has 0 radical (unpaired) electrons. The Labute approximate surface area is 118 Å². The van der Waals surface area contributed by atoms with Gasteiger partial charge in [0, 0.05) is 25.6 Å². The number of anilines is 2. The molecule has 1 aromatic rings. The molecule has 20 heavy (non-hydrogen) atoms. The molecule has 4 N–H and O–H groups in total. The second-order valence-corrected chi connectivity index (χ2v) is 5.13. The van der Waals surface area contributed by atoms with Crippen molar-refractivity contribution in [1.29, 1.82) is 0 Å². The number of hydrogen-bond acceptors (Lipinski definition) is 6. The van der Waals surface area contributed by atoms with Gasteiger partial charge in [-0.15, -0.1) is 0 Å². The van der Waals surface area contributed by atoms with Gasteiger partial charge in [0.15, 0.2) is 0 Å². The lowest BCUT2D eigenvalue weighted by Crippen LogP contribution is -2.39. The number of hydrogen-bond donors (Lipinski definition) is 3. The highest BCUT2D eigenvalue weighted by atomic mass is 16.2. The van der Waals surface area contributed by atoms with E-state index >= 15 is 0 Å². The fourth-order valence-electron chi connectivity index (χ4n) is 1.91. The largest absolute Gasteiger partial charge is 0.358 e. The highest BCUT2D eigenvalue weighted by molar-refractivity contribution is 5.83.